The standard InChI is InChI=1S/C22H20FN3OS/c1-25(2)13-14-26(22-24-20-18(23)11-6-12-19(20)28-22)21(27)17-10-5-8-15-7-3-4-9-16(15)17/h3-12H,13-14H2,1-2H3/p+1. The highest BCUT2D eigenvalue weighted by atomic mass is 32.1. The lowest BCUT2D eigenvalue weighted by atomic mass is 10.0. The van der Waals surface area contributed by atoms with Crippen LogP contribution < -0.4 is 9.80 Å². The third kappa shape index (κ3) is 3.48. The van der Waals surface area contributed by atoms with E-state index in [9.17, 15) is 9.18 Å². The fourth-order valence-corrected chi connectivity index (χ4v) is 4.20. The van der Waals surface area contributed by atoms with Crippen LogP contribution in [-0.4, -0.2) is 38.1 Å². The van der Waals surface area contributed by atoms with Gasteiger partial charge in [0.2, 0.25) is 0 Å². The Morgan fingerprint density at radius 2 is 1.82 bits per heavy atom. The van der Waals surface area contributed by atoms with Gasteiger partial charge in [-0.3, -0.25) is 9.69 Å². The summed E-state index contributed by atoms with van der Waals surface area (Å²) in [6, 6.07) is 18.5. The molecule has 0 aliphatic carbocycles. The predicted octanol–water partition coefficient (Wildman–Crippen LogP) is 3.38. The first-order chi connectivity index (χ1) is 13.5. The van der Waals surface area contributed by atoms with Crippen LogP contribution in [0, 0.1) is 5.82 Å². The smallest absolute Gasteiger partial charge is 0.260 e. The number of anilines is 1. The van der Waals surface area contributed by atoms with E-state index in [2.05, 4.69) is 4.98 Å². The number of benzene rings is 3. The molecule has 1 aromatic heterocycles. The zero-order valence-corrected chi connectivity index (χ0v) is 16.6. The second-order valence-electron chi connectivity index (χ2n) is 7.02. The summed E-state index contributed by atoms with van der Waals surface area (Å²) >= 11 is 1.34. The lowest BCUT2D eigenvalue weighted by Gasteiger charge is -2.21. The molecule has 1 heterocycles. The highest BCUT2D eigenvalue weighted by Gasteiger charge is 2.24. The minimum absolute atomic E-state index is 0.113. The minimum atomic E-state index is -0.365. The largest absolute Gasteiger partial charge is 0.338 e. The average molecular weight is 394 g/mol. The van der Waals surface area contributed by atoms with E-state index >= 15 is 0 Å². The van der Waals surface area contributed by atoms with Gasteiger partial charge in [0.15, 0.2) is 5.13 Å². The number of hydrogen-bond donors (Lipinski definition) is 1. The highest BCUT2D eigenvalue weighted by molar-refractivity contribution is 7.22. The van der Waals surface area contributed by atoms with Crippen molar-refractivity contribution in [1.82, 2.24) is 4.98 Å². The van der Waals surface area contributed by atoms with Crippen LogP contribution in [0.3, 0.4) is 0 Å². The van der Waals surface area contributed by atoms with Gasteiger partial charge in [0.05, 0.1) is 31.9 Å². The molecule has 4 rings (SSSR count). The number of rotatable bonds is 5. The molecule has 0 fully saturated rings. The van der Waals surface area contributed by atoms with Crippen LogP contribution in [0.2, 0.25) is 0 Å². The van der Waals surface area contributed by atoms with Crippen LogP contribution in [0.1, 0.15) is 10.4 Å². The summed E-state index contributed by atoms with van der Waals surface area (Å²) in [6.45, 7) is 1.26. The number of halogens is 1. The first kappa shape index (κ1) is 18.5. The van der Waals surface area contributed by atoms with Crippen molar-refractivity contribution in [2.45, 2.75) is 0 Å². The number of quaternary nitrogens is 1. The normalized spacial score (nSPS) is 11.4. The molecule has 1 amide bonds. The molecule has 0 unspecified atom stereocenters. The topological polar surface area (TPSA) is 37.6 Å². The van der Waals surface area contributed by atoms with Gasteiger partial charge in [-0.1, -0.05) is 53.8 Å². The SMILES string of the molecule is C[NH+](C)CCN(C(=O)c1cccc2ccccc12)c1nc2c(F)cccc2s1. The Morgan fingerprint density at radius 1 is 1.07 bits per heavy atom. The summed E-state index contributed by atoms with van der Waals surface area (Å²) in [5.41, 5.74) is 0.946. The van der Waals surface area contributed by atoms with Crippen LogP contribution in [0.5, 0.6) is 0 Å². The molecule has 0 radical (unpaired) electrons. The zero-order valence-electron chi connectivity index (χ0n) is 15.8. The van der Waals surface area contributed by atoms with E-state index in [4.69, 9.17) is 0 Å². The van der Waals surface area contributed by atoms with Crippen molar-refractivity contribution in [2.24, 2.45) is 0 Å². The minimum Gasteiger partial charge on any atom is -0.338 e. The summed E-state index contributed by atoms with van der Waals surface area (Å²) in [5.74, 6) is -0.478. The van der Waals surface area contributed by atoms with Gasteiger partial charge in [-0.05, 0) is 29.0 Å². The maximum atomic E-state index is 14.1. The molecule has 4 nitrogen and oxygen atoms in total. The molecule has 0 atom stereocenters. The number of fused-ring (bicyclic) bond motifs is 2. The van der Waals surface area contributed by atoms with E-state index in [1.165, 1.54) is 22.3 Å². The maximum absolute atomic E-state index is 14.1. The molecule has 0 aliphatic rings. The van der Waals surface area contributed by atoms with Gasteiger partial charge in [0, 0.05) is 5.56 Å². The molecule has 4 aromatic rings. The summed E-state index contributed by atoms with van der Waals surface area (Å²) in [6.07, 6.45) is 0. The summed E-state index contributed by atoms with van der Waals surface area (Å²) < 4.78 is 14.9. The number of hydrogen-bond acceptors (Lipinski definition) is 3. The summed E-state index contributed by atoms with van der Waals surface area (Å²) in [7, 11) is 4.08. The Balaban J connectivity index is 1.80. The lowest BCUT2D eigenvalue weighted by Crippen LogP contribution is -3.06. The number of carbonyl (C=O) groups is 1. The Labute approximate surface area is 166 Å². The van der Waals surface area contributed by atoms with Crippen molar-refractivity contribution in [3.63, 3.8) is 0 Å². The predicted molar refractivity (Wildman–Crippen MR) is 113 cm³/mol. The van der Waals surface area contributed by atoms with Gasteiger partial charge >= 0.3 is 0 Å². The van der Waals surface area contributed by atoms with Gasteiger partial charge in [-0.15, -0.1) is 0 Å². The maximum Gasteiger partial charge on any atom is 0.260 e. The number of nitrogens with one attached hydrogen (secondary N) is 1. The molecule has 0 aliphatic heterocycles. The van der Waals surface area contributed by atoms with Gasteiger partial charge < -0.3 is 4.90 Å². The van der Waals surface area contributed by atoms with Gasteiger partial charge in [0.1, 0.15) is 11.3 Å². The summed E-state index contributed by atoms with van der Waals surface area (Å²) in [5, 5.41) is 2.45. The van der Waals surface area contributed by atoms with E-state index < -0.39 is 0 Å². The van der Waals surface area contributed by atoms with Gasteiger partial charge in [-0.25, -0.2) is 9.37 Å². The average Bonchev–Trinajstić information content (AvgIpc) is 3.12. The zero-order chi connectivity index (χ0) is 19.7. The number of aromatic nitrogens is 1. The molecule has 0 bridgehead atoms. The molecule has 3 aromatic carbocycles. The fraction of sp³-hybridized carbons (Fsp3) is 0.182. The number of carbonyl (C=O) groups excluding carboxylic acids is 1. The van der Waals surface area contributed by atoms with Gasteiger partial charge in [-0.2, -0.15) is 0 Å². The molecule has 0 saturated carbocycles. The van der Waals surface area contributed by atoms with Crippen molar-refractivity contribution in [2.75, 3.05) is 32.1 Å². The Morgan fingerprint density at radius 3 is 2.61 bits per heavy atom. The Bertz CT molecular complexity index is 1150. The van der Waals surface area contributed by atoms with Crippen LogP contribution in [0.25, 0.3) is 21.0 Å². The van der Waals surface area contributed by atoms with Crippen molar-refractivity contribution < 1.29 is 14.1 Å². The van der Waals surface area contributed by atoms with Crippen molar-refractivity contribution in [3.8, 4) is 0 Å². The van der Waals surface area contributed by atoms with Crippen LogP contribution >= 0.6 is 11.3 Å². The molecule has 142 valence electrons. The quantitative estimate of drug-likeness (QED) is 0.564. The Hall–Kier alpha value is -2.83. The van der Waals surface area contributed by atoms with E-state index in [1.807, 2.05) is 62.6 Å². The molecule has 6 heteroatoms. The van der Waals surface area contributed by atoms with Crippen molar-refractivity contribution in [3.05, 3.63) is 72.0 Å². The molecular weight excluding hydrogens is 373 g/mol. The number of likely N-dealkylation sites (N-methyl/N-ethyl adjacent to an activating group) is 1. The van der Waals surface area contributed by atoms with E-state index in [-0.39, 0.29) is 11.7 Å². The molecule has 1 N–H and O–H groups in total. The molecule has 0 spiro atoms. The summed E-state index contributed by atoms with van der Waals surface area (Å²) in [4.78, 5) is 20.9. The molecule has 28 heavy (non-hydrogen) atoms. The first-order valence-corrected chi connectivity index (χ1v) is 10.00. The van der Waals surface area contributed by atoms with E-state index in [1.54, 1.807) is 11.0 Å². The second kappa shape index (κ2) is 7.66. The lowest BCUT2D eigenvalue weighted by molar-refractivity contribution is -0.856. The number of nitrogens with zero attached hydrogens (tertiary/aromatic N) is 2. The molecular formula is C22H21FN3OS+. The van der Waals surface area contributed by atoms with Crippen molar-refractivity contribution in [1.29, 1.82) is 0 Å². The molecule has 0 saturated heterocycles. The van der Waals surface area contributed by atoms with E-state index in [0.29, 0.717) is 22.8 Å². The fourth-order valence-electron chi connectivity index (χ4n) is 3.20. The van der Waals surface area contributed by atoms with Crippen LogP contribution in [0.4, 0.5) is 9.52 Å². The van der Waals surface area contributed by atoms with E-state index in [0.717, 1.165) is 22.0 Å². The van der Waals surface area contributed by atoms with Gasteiger partial charge in [0.25, 0.3) is 5.91 Å². The third-order valence-electron chi connectivity index (χ3n) is 4.69. The Kier molecular flexibility index (Phi) is 5.07. The second-order valence-corrected chi connectivity index (χ2v) is 8.03. The number of para-hydroxylation sites is 1. The van der Waals surface area contributed by atoms with Crippen LogP contribution in [0.15, 0.2) is 60.7 Å². The van der Waals surface area contributed by atoms with Crippen molar-refractivity contribution >= 4 is 43.4 Å². The van der Waals surface area contributed by atoms with Crippen LogP contribution in [-0.2, 0) is 0 Å². The monoisotopic (exact) mass is 394 g/mol. The third-order valence-corrected chi connectivity index (χ3v) is 5.73. The number of amides is 1. The number of thiazole rings is 1. The highest BCUT2D eigenvalue weighted by Crippen LogP contribution is 2.31. The first-order valence-electron chi connectivity index (χ1n) is 9.18.